The Balaban J connectivity index is 1.96. The monoisotopic (exact) mass is 331 g/mol. The van der Waals surface area contributed by atoms with Crippen molar-refractivity contribution in [2.24, 2.45) is 0 Å². The number of fused-ring (bicyclic) bond motifs is 1. The standard InChI is InChI=1S/C15H17N5O2S/c1-8-5-12-16-6-11(15(22)20(12)18-8)14(21)19(4)10(3)13-17-9(2)7-23-13/h5-7,10,18H,1-4H3/t10-/m1/s1. The van der Waals surface area contributed by atoms with Crippen molar-refractivity contribution in [3.63, 3.8) is 0 Å². The van der Waals surface area contributed by atoms with E-state index in [9.17, 15) is 9.59 Å². The maximum atomic E-state index is 12.7. The van der Waals surface area contributed by atoms with Crippen molar-refractivity contribution < 1.29 is 4.79 Å². The fourth-order valence-electron chi connectivity index (χ4n) is 2.32. The highest BCUT2D eigenvalue weighted by Crippen LogP contribution is 2.23. The van der Waals surface area contributed by atoms with Gasteiger partial charge in [0.15, 0.2) is 5.65 Å². The SMILES string of the molecule is Cc1csc([C@@H](C)N(C)C(=O)c2cnc3cc(C)[nH]n3c2=O)n1. The van der Waals surface area contributed by atoms with Crippen LogP contribution in [0.4, 0.5) is 0 Å². The molecule has 0 saturated carbocycles. The van der Waals surface area contributed by atoms with Crippen molar-refractivity contribution in [3.05, 3.63) is 50.0 Å². The summed E-state index contributed by atoms with van der Waals surface area (Å²) in [5, 5.41) is 5.66. The highest BCUT2D eigenvalue weighted by molar-refractivity contribution is 7.09. The lowest BCUT2D eigenvalue weighted by Gasteiger charge is -2.22. The van der Waals surface area contributed by atoms with Crippen molar-refractivity contribution in [1.82, 2.24) is 24.5 Å². The van der Waals surface area contributed by atoms with Gasteiger partial charge in [-0.3, -0.25) is 14.7 Å². The molecule has 0 spiro atoms. The zero-order valence-corrected chi connectivity index (χ0v) is 14.1. The summed E-state index contributed by atoms with van der Waals surface area (Å²) in [6, 6.07) is 1.53. The van der Waals surface area contributed by atoms with Crippen LogP contribution in [0.5, 0.6) is 0 Å². The van der Waals surface area contributed by atoms with E-state index >= 15 is 0 Å². The summed E-state index contributed by atoms with van der Waals surface area (Å²) < 4.78 is 1.29. The van der Waals surface area contributed by atoms with Gasteiger partial charge in [-0.1, -0.05) is 0 Å². The number of thiazole rings is 1. The van der Waals surface area contributed by atoms with E-state index in [1.165, 1.54) is 26.9 Å². The molecule has 23 heavy (non-hydrogen) atoms. The lowest BCUT2D eigenvalue weighted by atomic mass is 10.2. The molecule has 0 aromatic carbocycles. The summed E-state index contributed by atoms with van der Waals surface area (Å²) in [6.45, 7) is 5.62. The smallest absolute Gasteiger partial charge is 0.285 e. The molecule has 120 valence electrons. The van der Waals surface area contributed by atoms with Gasteiger partial charge in [-0.15, -0.1) is 11.3 Å². The summed E-state index contributed by atoms with van der Waals surface area (Å²) in [6.07, 6.45) is 1.34. The Labute approximate surface area is 136 Å². The maximum Gasteiger partial charge on any atom is 0.285 e. The Hall–Kier alpha value is -2.48. The van der Waals surface area contributed by atoms with E-state index in [0.29, 0.717) is 5.65 Å². The first-order valence-electron chi connectivity index (χ1n) is 7.15. The second kappa shape index (κ2) is 5.62. The molecule has 3 rings (SSSR count). The molecule has 0 fully saturated rings. The Bertz CT molecular complexity index is 939. The maximum absolute atomic E-state index is 12.7. The zero-order valence-electron chi connectivity index (χ0n) is 13.3. The molecule has 1 atom stereocenters. The predicted molar refractivity (Wildman–Crippen MR) is 87.9 cm³/mol. The molecule has 0 radical (unpaired) electrons. The third-order valence-electron chi connectivity index (χ3n) is 3.75. The fraction of sp³-hybridized carbons (Fsp3) is 0.333. The summed E-state index contributed by atoms with van der Waals surface area (Å²) in [5.41, 5.74) is 1.85. The van der Waals surface area contributed by atoms with Gasteiger partial charge in [0.1, 0.15) is 10.6 Å². The van der Waals surface area contributed by atoms with Gasteiger partial charge in [0, 0.05) is 36.1 Å². The van der Waals surface area contributed by atoms with E-state index in [4.69, 9.17) is 0 Å². The van der Waals surface area contributed by atoms with Crippen LogP contribution in [-0.4, -0.2) is 37.4 Å². The molecule has 0 aliphatic carbocycles. The molecule has 0 bridgehead atoms. The van der Waals surface area contributed by atoms with Gasteiger partial charge in [0.2, 0.25) is 0 Å². The molecule has 8 heteroatoms. The lowest BCUT2D eigenvalue weighted by molar-refractivity contribution is 0.0739. The number of nitrogens with one attached hydrogen (secondary N) is 1. The van der Waals surface area contributed by atoms with Crippen molar-refractivity contribution in [1.29, 1.82) is 0 Å². The Kier molecular flexibility index (Phi) is 3.77. The van der Waals surface area contributed by atoms with E-state index in [1.807, 2.05) is 26.2 Å². The number of carbonyl (C=O) groups excluding carboxylic acids is 1. The number of carbonyl (C=O) groups is 1. The molecule has 0 aliphatic heterocycles. The lowest BCUT2D eigenvalue weighted by Crippen LogP contribution is -2.35. The quantitative estimate of drug-likeness (QED) is 0.795. The van der Waals surface area contributed by atoms with Crippen LogP contribution < -0.4 is 5.56 Å². The van der Waals surface area contributed by atoms with Gasteiger partial charge in [0.05, 0.1) is 6.04 Å². The van der Waals surface area contributed by atoms with Gasteiger partial charge in [-0.2, -0.15) is 0 Å². The Morgan fingerprint density at radius 3 is 2.83 bits per heavy atom. The van der Waals surface area contributed by atoms with Gasteiger partial charge in [-0.25, -0.2) is 14.5 Å². The average molecular weight is 331 g/mol. The molecule has 0 saturated heterocycles. The average Bonchev–Trinajstić information content (AvgIpc) is 3.11. The highest BCUT2D eigenvalue weighted by atomic mass is 32.1. The largest absolute Gasteiger partial charge is 0.332 e. The second-order valence-electron chi connectivity index (χ2n) is 5.53. The Morgan fingerprint density at radius 1 is 1.43 bits per heavy atom. The highest BCUT2D eigenvalue weighted by Gasteiger charge is 2.24. The molecule has 1 amide bonds. The topological polar surface area (TPSA) is 83.4 Å². The van der Waals surface area contributed by atoms with Crippen molar-refractivity contribution in [2.75, 3.05) is 7.05 Å². The number of hydrogen-bond acceptors (Lipinski definition) is 5. The second-order valence-corrected chi connectivity index (χ2v) is 6.42. The molecule has 0 aliphatic rings. The number of hydrogen-bond donors (Lipinski definition) is 1. The number of amides is 1. The normalized spacial score (nSPS) is 12.5. The van der Waals surface area contributed by atoms with Crippen LogP contribution in [0.25, 0.3) is 5.65 Å². The fourth-order valence-corrected chi connectivity index (χ4v) is 3.22. The Morgan fingerprint density at radius 2 is 2.17 bits per heavy atom. The van der Waals surface area contributed by atoms with Crippen LogP contribution in [0.15, 0.2) is 22.4 Å². The first-order valence-corrected chi connectivity index (χ1v) is 8.03. The minimum absolute atomic E-state index is 0.0342. The van der Waals surface area contributed by atoms with E-state index < -0.39 is 5.56 Å². The predicted octanol–water partition coefficient (Wildman–Crippen LogP) is 1.93. The van der Waals surface area contributed by atoms with E-state index in [2.05, 4.69) is 15.1 Å². The van der Waals surface area contributed by atoms with Crippen LogP contribution in [-0.2, 0) is 0 Å². The first kappa shape index (κ1) is 15.4. The van der Waals surface area contributed by atoms with Crippen LogP contribution in [0.2, 0.25) is 0 Å². The first-order chi connectivity index (χ1) is 10.9. The van der Waals surface area contributed by atoms with Gasteiger partial charge < -0.3 is 4.90 Å². The van der Waals surface area contributed by atoms with Gasteiger partial charge in [0.25, 0.3) is 11.5 Å². The number of rotatable bonds is 3. The molecule has 0 unspecified atom stereocenters. The van der Waals surface area contributed by atoms with Crippen molar-refractivity contribution in [3.8, 4) is 0 Å². The van der Waals surface area contributed by atoms with E-state index in [0.717, 1.165) is 16.4 Å². The third-order valence-corrected chi connectivity index (χ3v) is 4.88. The molecule has 3 aromatic heterocycles. The molecular formula is C15H17N5O2S. The zero-order chi connectivity index (χ0) is 16.7. The number of nitrogens with zero attached hydrogens (tertiary/aromatic N) is 4. The van der Waals surface area contributed by atoms with Gasteiger partial charge >= 0.3 is 0 Å². The molecular weight excluding hydrogens is 314 g/mol. The van der Waals surface area contributed by atoms with Crippen molar-refractivity contribution in [2.45, 2.75) is 26.8 Å². The van der Waals surface area contributed by atoms with Crippen molar-refractivity contribution >= 4 is 22.9 Å². The van der Waals surface area contributed by atoms with Crippen LogP contribution >= 0.6 is 11.3 Å². The summed E-state index contributed by atoms with van der Waals surface area (Å²) in [7, 11) is 1.66. The van der Waals surface area contributed by atoms with Gasteiger partial charge in [-0.05, 0) is 20.8 Å². The minimum Gasteiger partial charge on any atom is -0.332 e. The number of H-pyrrole nitrogens is 1. The summed E-state index contributed by atoms with van der Waals surface area (Å²) >= 11 is 1.50. The van der Waals surface area contributed by atoms with Crippen LogP contribution in [0, 0.1) is 13.8 Å². The number of aromatic nitrogens is 4. The summed E-state index contributed by atoms with van der Waals surface area (Å²) in [4.78, 5) is 35.2. The van der Waals surface area contributed by atoms with Crippen LogP contribution in [0.1, 0.15) is 39.7 Å². The molecule has 1 N–H and O–H groups in total. The molecule has 3 heterocycles. The number of aromatic amines is 1. The molecule has 7 nitrogen and oxygen atoms in total. The van der Waals surface area contributed by atoms with E-state index in [-0.39, 0.29) is 17.5 Å². The molecule has 3 aromatic rings. The third kappa shape index (κ3) is 2.65. The van der Waals surface area contributed by atoms with E-state index in [1.54, 1.807) is 13.1 Å². The minimum atomic E-state index is -0.400. The van der Waals surface area contributed by atoms with Crippen LogP contribution in [0.3, 0.4) is 0 Å². The summed E-state index contributed by atoms with van der Waals surface area (Å²) in [5.74, 6) is -0.371. The number of aryl methyl sites for hydroxylation is 2.